The first-order valence-electron chi connectivity index (χ1n) is 7.13. The van der Waals surface area contributed by atoms with Crippen LogP contribution >= 0.6 is 0 Å². The van der Waals surface area contributed by atoms with Crippen molar-refractivity contribution >= 4 is 23.0 Å². The van der Waals surface area contributed by atoms with Gasteiger partial charge in [-0.1, -0.05) is 0 Å². The largest absolute Gasteiger partial charge is 1.00 e. The summed E-state index contributed by atoms with van der Waals surface area (Å²) in [6.45, 7) is 2.43. The zero-order chi connectivity index (χ0) is 16.3. The van der Waals surface area contributed by atoms with Gasteiger partial charge in [0.15, 0.2) is 0 Å². The van der Waals surface area contributed by atoms with Crippen LogP contribution in [0.5, 0.6) is 5.75 Å². The molecule has 0 N–H and O–H groups in total. The van der Waals surface area contributed by atoms with Crippen molar-refractivity contribution in [3.8, 4) is 5.75 Å². The van der Waals surface area contributed by atoms with Gasteiger partial charge in [0.2, 0.25) is 0 Å². The van der Waals surface area contributed by atoms with Gasteiger partial charge in [-0.3, -0.25) is 0 Å². The van der Waals surface area contributed by atoms with Gasteiger partial charge in [-0.25, -0.2) is 4.79 Å². The van der Waals surface area contributed by atoms with E-state index >= 15 is 0 Å². The molecule has 2 aromatic rings. The van der Waals surface area contributed by atoms with Crippen LogP contribution in [0.1, 0.15) is 18.9 Å². The molecule has 1 aromatic heterocycles. The van der Waals surface area contributed by atoms with E-state index in [2.05, 4.69) is 0 Å². The molecule has 0 atom stereocenters. The van der Waals surface area contributed by atoms with Crippen molar-refractivity contribution in [3.05, 3.63) is 30.0 Å². The standard InChI is InChI=1S/C16H20N2O4.K/c1-4-17(2)16(21)22-12-6-7-13-11(5-8-15(19)20)10-18(3)14(13)9-12;/h6-7,9-10H,4-5,8H2,1-3H3,(H,19,20);/q;+1/p-1. The Hall–Kier alpha value is -0.864. The molecule has 118 valence electrons. The van der Waals surface area contributed by atoms with Crippen molar-refractivity contribution < 1.29 is 70.8 Å². The molecule has 23 heavy (non-hydrogen) atoms. The average Bonchev–Trinajstić information content (AvgIpc) is 2.80. The second-order valence-electron chi connectivity index (χ2n) is 5.20. The van der Waals surface area contributed by atoms with Gasteiger partial charge in [-0.05, 0) is 37.5 Å². The number of fused-ring (bicyclic) bond motifs is 1. The Balaban J connectivity index is 0.00000264. The van der Waals surface area contributed by atoms with Crippen LogP contribution in [0.3, 0.4) is 0 Å². The van der Waals surface area contributed by atoms with Gasteiger partial charge in [0, 0.05) is 44.3 Å². The molecular weight excluding hydrogens is 323 g/mol. The molecule has 0 aliphatic heterocycles. The van der Waals surface area contributed by atoms with Crippen LogP contribution in [0.25, 0.3) is 10.9 Å². The van der Waals surface area contributed by atoms with E-state index in [0.29, 0.717) is 18.7 Å². The maximum Gasteiger partial charge on any atom is 1.00 e. The molecule has 0 bridgehead atoms. The van der Waals surface area contributed by atoms with Crippen molar-refractivity contribution in [2.75, 3.05) is 13.6 Å². The Bertz CT molecular complexity index is 711. The first-order valence-corrected chi connectivity index (χ1v) is 7.13. The number of carbonyl (C=O) groups excluding carboxylic acids is 2. The minimum Gasteiger partial charge on any atom is -0.550 e. The van der Waals surface area contributed by atoms with Gasteiger partial charge in [0.25, 0.3) is 0 Å². The number of benzene rings is 1. The topological polar surface area (TPSA) is 74.6 Å². The summed E-state index contributed by atoms with van der Waals surface area (Å²) in [6.07, 6.45) is 1.87. The Morgan fingerprint density at radius 1 is 1.35 bits per heavy atom. The van der Waals surface area contributed by atoms with Crippen LogP contribution in [0, 0.1) is 0 Å². The summed E-state index contributed by atoms with van der Waals surface area (Å²) in [6, 6.07) is 5.33. The fourth-order valence-electron chi connectivity index (χ4n) is 2.25. The molecule has 2 rings (SSSR count). The number of hydrogen-bond donors (Lipinski definition) is 0. The number of carboxylic acids is 1. The number of ether oxygens (including phenoxy) is 1. The summed E-state index contributed by atoms with van der Waals surface area (Å²) >= 11 is 0. The minimum absolute atomic E-state index is 0. The van der Waals surface area contributed by atoms with Crippen molar-refractivity contribution in [2.45, 2.75) is 19.8 Å². The first-order chi connectivity index (χ1) is 10.4. The van der Waals surface area contributed by atoms with Crippen molar-refractivity contribution in [1.29, 1.82) is 0 Å². The van der Waals surface area contributed by atoms with Crippen molar-refractivity contribution in [3.63, 3.8) is 0 Å². The van der Waals surface area contributed by atoms with Gasteiger partial charge in [0.1, 0.15) is 5.75 Å². The number of nitrogens with zero attached hydrogens (tertiary/aromatic N) is 2. The molecule has 0 radical (unpaired) electrons. The van der Waals surface area contributed by atoms with E-state index in [1.165, 1.54) is 4.90 Å². The van der Waals surface area contributed by atoms with E-state index in [1.54, 1.807) is 19.2 Å². The van der Waals surface area contributed by atoms with Gasteiger partial charge in [0.05, 0.1) is 5.52 Å². The number of hydrogen-bond acceptors (Lipinski definition) is 4. The number of carbonyl (C=O) groups is 2. The average molecular weight is 342 g/mol. The first kappa shape index (κ1) is 20.2. The zero-order valence-corrected chi connectivity index (χ0v) is 17.1. The maximum absolute atomic E-state index is 11.8. The second kappa shape index (κ2) is 8.84. The Morgan fingerprint density at radius 3 is 2.65 bits per heavy atom. The van der Waals surface area contributed by atoms with E-state index in [9.17, 15) is 14.7 Å². The summed E-state index contributed by atoms with van der Waals surface area (Å²) in [5.74, 6) is -0.601. The fourth-order valence-corrected chi connectivity index (χ4v) is 2.25. The Labute approximate surface area is 177 Å². The van der Waals surface area contributed by atoms with Crippen LogP contribution in [-0.4, -0.2) is 35.1 Å². The number of aryl methyl sites for hydroxylation is 2. The van der Waals surface area contributed by atoms with E-state index in [4.69, 9.17) is 4.74 Å². The molecular formula is C16H19KN2O4. The number of aromatic nitrogens is 1. The monoisotopic (exact) mass is 342 g/mol. The quantitative estimate of drug-likeness (QED) is 0.608. The minimum atomic E-state index is -1.06. The number of rotatable bonds is 5. The van der Waals surface area contributed by atoms with Crippen LogP contribution in [0.2, 0.25) is 0 Å². The zero-order valence-electron chi connectivity index (χ0n) is 14.0. The third kappa shape index (κ3) is 5.05. The molecule has 0 fully saturated rings. The predicted molar refractivity (Wildman–Crippen MR) is 80.6 cm³/mol. The molecule has 7 heteroatoms. The predicted octanol–water partition coefficient (Wildman–Crippen LogP) is -1.68. The fraction of sp³-hybridized carbons (Fsp3) is 0.375. The van der Waals surface area contributed by atoms with Crippen LogP contribution < -0.4 is 61.2 Å². The van der Waals surface area contributed by atoms with E-state index in [-0.39, 0.29) is 57.8 Å². The summed E-state index contributed by atoms with van der Waals surface area (Å²) < 4.78 is 7.20. The Kier molecular flexibility index (Phi) is 7.76. The summed E-state index contributed by atoms with van der Waals surface area (Å²) in [7, 11) is 3.54. The van der Waals surface area contributed by atoms with E-state index in [0.717, 1.165) is 16.5 Å². The van der Waals surface area contributed by atoms with Crippen LogP contribution in [0.15, 0.2) is 24.4 Å². The second-order valence-corrected chi connectivity index (χ2v) is 5.20. The molecule has 0 unspecified atom stereocenters. The van der Waals surface area contributed by atoms with Gasteiger partial charge in [-0.15, -0.1) is 0 Å². The third-order valence-electron chi connectivity index (χ3n) is 3.63. The molecule has 0 saturated carbocycles. The molecule has 0 aliphatic carbocycles. The van der Waals surface area contributed by atoms with Gasteiger partial charge >= 0.3 is 57.5 Å². The van der Waals surface area contributed by atoms with E-state index < -0.39 is 12.1 Å². The summed E-state index contributed by atoms with van der Waals surface area (Å²) in [5, 5.41) is 11.6. The molecule has 6 nitrogen and oxygen atoms in total. The normalized spacial score (nSPS) is 10.2. The molecule has 1 heterocycles. The third-order valence-corrected chi connectivity index (χ3v) is 3.63. The molecule has 1 amide bonds. The molecule has 0 spiro atoms. The van der Waals surface area contributed by atoms with E-state index in [1.807, 2.05) is 30.8 Å². The number of aliphatic carboxylic acids is 1. The maximum atomic E-state index is 11.8. The molecule has 1 aromatic carbocycles. The SMILES string of the molecule is CCN(C)C(=O)Oc1ccc2c(CCC(=O)[O-])cn(C)c2c1.[K+]. The number of amides is 1. The Morgan fingerprint density at radius 2 is 2.04 bits per heavy atom. The number of carboxylic acid groups (broad SMARTS) is 1. The van der Waals surface area contributed by atoms with Crippen molar-refractivity contribution in [2.24, 2.45) is 7.05 Å². The van der Waals surface area contributed by atoms with Gasteiger partial charge < -0.3 is 24.1 Å². The smallest absolute Gasteiger partial charge is 0.550 e. The van der Waals surface area contributed by atoms with Gasteiger partial charge in [-0.2, -0.15) is 0 Å². The van der Waals surface area contributed by atoms with Crippen molar-refractivity contribution in [1.82, 2.24) is 9.47 Å². The summed E-state index contributed by atoms with van der Waals surface area (Å²) in [5.41, 5.74) is 1.82. The summed E-state index contributed by atoms with van der Waals surface area (Å²) in [4.78, 5) is 23.8. The molecule has 0 aliphatic rings. The van der Waals surface area contributed by atoms with Crippen LogP contribution in [0.4, 0.5) is 4.79 Å². The van der Waals surface area contributed by atoms with Crippen LogP contribution in [-0.2, 0) is 18.3 Å². The molecule has 0 saturated heterocycles.